The second-order valence-corrected chi connectivity index (χ2v) is 8.53. The van der Waals surface area contributed by atoms with E-state index in [0.717, 1.165) is 29.3 Å². The van der Waals surface area contributed by atoms with Crippen LogP contribution in [-0.2, 0) is 14.3 Å². The fourth-order valence-corrected chi connectivity index (χ4v) is 4.37. The Balaban J connectivity index is 1.34. The molecular weight excluding hydrogens is 481 g/mol. The zero-order chi connectivity index (χ0) is 25.7. The molecule has 0 bridgehead atoms. The zero-order valence-electron chi connectivity index (χ0n) is 19.2. The van der Waals surface area contributed by atoms with Crippen molar-refractivity contribution in [3.05, 3.63) is 60.3 Å². The third-order valence-electron chi connectivity index (χ3n) is 6.06. The van der Waals surface area contributed by atoms with Crippen LogP contribution >= 0.6 is 0 Å². The molecule has 8 nitrogen and oxygen atoms in total. The van der Waals surface area contributed by atoms with Gasteiger partial charge in [-0.15, -0.1) is 13.2 Å². The van der Waals surface area contributed by atoms with E-state index in [0.29, 0.717) is 18.8 Å². The smallest absolute Gasteiger partial charge is 0.489 e. The molecule has 0 radical (unpaired) electrons. The highest BCUT2D eigenvalue weighted by Crippen LogP contribution is 2.31. The van der Waals surface area contributed by atoms with Crippen LogP contribution in [0.25, 0.3) is 10.9 Å². The summed E-state index contributed by atoms with van der Waals surface area (Å²) in [6, 6.07) is 13.2. The summed E-state index contributed by atoms with van der Waals surface area (Å²) in [5, 5.41) is 9.83. The molecule has 0 unspecified atom stereocenters. The number of hydrogen-bond acceptors (Lipinski definition) is 6. The van der Waals surface area contributed by atoms with Gasteiger partial charge in [-0.05, 0) is 67.7 Å². The fourth-order valence-electron chi connectivity index (χ4n) is 4.37. The number of carbonyl (C=O) groups excluding carboxylic acids is 1. The second kappa shape index (κ2) is 10.9. The molecule has 0 spiro atoms. The fraction of sp³-hybridized carbons (Fsp3) is 0.360. The van der Waals surface area contributed by atoms with Gasteiger partial charge in [0.25, 0.3) is 0 Å². The Kier molecular flexibility index (Phi) is 7.68. The minimum atomic E-state index is -4.73. The van der Waals surface area contributed by atoms with Crippen molar-refractivity contribution in [1.82, 2.24) is 9.88 Å². The molecule has 192 valence electrons. The molecule has 0 amide bonds. The molecule has 1 aromatic heterocycles. The molecule has 2 aromatic carbocycles. The predicted molar refractivity (Wildman–Crippen MR) is 123 cm³/mol. The molecule has 2 heterocycles. The van der Waals surface area contributed by atoms with Gasteiger partial charge in [-0.25, -0.2) is 9.59 Å². The normalized spacial score (nSPS) is 16.0. The molecule has 1 atom stereocenters. The summed E-state index contributed by atoms with van der Waals surface area (Å²) in [7, 11) is 0. The molecule has 2 N–H and O–H groups in total. The van der Waals surface area contributed by atoms with Crippen LogP contribution < -0.4 is 9.47 Å². The number of aromatic amines is 1. The highest BCUT2D eigenvalue weighted by Gasteiger charge is 2.31. The molecule has 11 heteroatoms. The number of carbonyl (C=O) groups is 2. The maximum absolute atomic E-state index is 12.4. The van der Waals surface area contributed by atoms with Crippen LogP contribution in [-0.4, -0.2) is 65.6 Å². The summed E-state index contributed by atoms with van der Waals surface area (Å²) in [6.07, 6.45) is -2.28. The number of hydrogen-bond donors (Lipinski definition) is 2. The zero-order valence-corrected chi connectivity index (χ0v) is 19.2. The molecule has 0 aliphatic carbocycles. The van der Waals surface area contributed by atoms with Crippen LogP contribution in [0.5, 0.6) is 11.5 Å². The first-order chi connectivity index (χ1) is 17.2. The number of alkyl halides is 3. The van der Waals surface area contributed by atoms with Crippen LogP contribution in [0.3, 0.4) is 0 Å². The van der Waals surface area contributed by atoms with E-state index in [1.807, 2.05) is 18.2 Å². The number of H-pyrrole nitrogens is 1. The van der Waals surface area contributed by atoms with Crippen LogP contribution in [0.1, 0.15) is 24.3 Å². The number of nitrogens with zero attached hydrogens (tertiary/aromatic N) is 1. The lowest BCUT2D eigenvalue weighted by Crippen LogP contribution is -2.43. The second-order valence-electron chi connectivity index (χ2n) is 8.53. The van der Waals surface area contributed by atoms with Crippen LogP contribution in [0, 0.1) is 0 Å². The first kappa shape index (κ1) is 25.4. The topological polar surface area (TPSA) is 101 Å². The number of likely N-dealkylation sites (tertiary alicyclic amines) is 1. The van der Waals surface area contributed by atoms with Crippen molar-refractivity contribution in [3.8, 4) is 11.5 Å². The van der Waals surface area contributed by atoms with E-state index in [4.69, 9.17) is 14.6 Å². The Labute approximate surface area is 204 Å². The Morgan fingerprint density at radius 3 is 2.47 bits per heavy atom. The standard InChI is InChI=1S/C25H25F3N2O6/c26-25(27,28)36-18-6-4-16(5-7-18)17-9-12-30(13-10-17)14-19(35-24(33)23(31)32)15-34-22-3-1-2-21-20(22)8-11-29-21/h1-8,11,17,19,29H,9-10,12-15H2,(H,31,32)/t19-/m0/s1. The van der Waals surface area contributed by atoms with E-state index in [9.17, 15) is 22.8 Å². The van der Waals surface area contributed by atoms with Gasteiger partial charge in [-0.2, -0.15) is 0 Å². The summed E-state index contributed by atoms with van der Waals surface area (Å²) >= 11 is 0. The van der Waals surface area contributed by atoms with Crippen LogP contribution in [0.15, 0.2) is 54.7 Å². The minimum Gasteiger partial charge on any atom is -0.489 e. The van der Waals surface area contributed by atoms with Gasteiger partial charge < -0.3 is 24.3 Å². The van der Waals surface area contributed by atoms with E-state index in [-0.39, 0.29) is 24.8 Å². The molecular formula is C25H25F3N2O6. The third kappa shape index (κ3) is 6.69. The third-order valence-corrected chi connectivity index (χ3v) is 6.06. The van der Waals surface area contributed by atoms with Gasteiger partial charge in [0.05, 0.1) is 0 Å². The first-order valence-corrected chi connectivity index (χ1v) is 11.4. The number of benzene rings is 2. The monoisotopic (exact) mass is 506 g/mol. The average Bonchev–Trinajstić information content (AvgIpc) is 3.32. The molecule has 1 aliphatic heterocycles. The van der Waals surface area contributed by atoms with E-state index in [1.54, 1.807) is 24.4 Å². The van der Waals surface area contributed by atoms with E-state index >= 15 is 0 Å². The van der Waals surface area contributed by atoms with Crippen molar-refractivity contribution in [3.63, 3.8) is 0 Å². The van der Waals surface area contributed by atoms with Crippen molar-refractivity contribution < 1.29 is 42.1 Å². The highest BCUT2D eigenvalue weighted by molar-refractivity contribution is 6.28. The van der Waals surface area contributed by atoms with Gasteiger partial charge in [0.2, 0.25) is 0 Å². The summed E-state index contributed by atoms with van der Waals surface area (Å²) in [4.78, 5) is 27.9. The van der Waals surface area contributed by atoms with Gasteiger partial charge in [0.1, 0.15) is 24.2 Å². The summed E-state index contributed by atoms with van der Waals surface area (Å²) < 4.78 is 52.1. The number of carboxylic acids is 1. The van der Waals surface area contributed by atoms with Crippen molar-refractivity contribution in [1.29, 1.82) is 0 Å². The van der Waals surface area contributed by atoms with Crippen molar-refractivity contribution in [2.75, 3.05) is 26.2 Å². The Morgan fingerprint density at radius 1 is 1.08 bits per heavy atom. The van der Waals surface area contributed by atoms with Gasteiger partial charge in [0, 0.05) is 23.6 Å². The number of rotatable bonds is 8. The number of esters is 1. The quantitative estimate of drug-likeness (QED) is 0.347. The first-order valence-electron chi connectivity index (χ1n) is 11.4. The molecule has 1 fully saturated rings. The van der Waals surface area contributed by atoms with Crippen molar-refractivity contribution in [2.24, 2.45) is 0 Å². The van der Waals surface area contributed by atoms with Gasteiger partial charge in [0.15, 0.2) is 0 Å². The highest BCUT2D eigenvalue weighted by atomic mass is 19.4. The minimum absolute atomic E-state index is 0.0239. The number of halogens is 3. The predicted octanol–water partition coefficient (Wildman–Crippen LogP) is 4.32. The molecule has 36 heavy (non-hydrogen) atoms. The molecule has 3 aromatic rings. The number of carboxylic acid groups (broad SMARTS) is 1. The Bertz CT molecular complexity index is 1190. The van der Waals surface area contributed by atoms with Gasteiger partial charge >= 0.3 is 18.3 Å². The van der Waals surface area contributed by atoms with Crippen LogP contribution in [0.4, 0.5) is 13.2 Å². The largest absolute Gasteiger partial charge is 0.573 e. The number of fused-ring (bicyclic) bond motifs is 1. The SMILES string of the molecule is O=C(O)C(=O)O[C@H](COc1cccc2[nH]ccc12)CN1CCC(c2ccc(OC(F)(F)F)cc2)CC1. The Hall–Kier alpha value is -3.73. The lowest BCUT2D eigenvalue weighted by atomic mass is 9.89. The molecule has 1 aliphatic rings. The van der Waals surface area contributed by atoms with Crippen molar-refractivity contribution >= 4 is 22.8 Å². The molecule has 4 rings (SSSR count). The average molecular weight is 506 g/mol. The van der Waals surface area contributed by atoms with Crippen LogP contribution in [0.2, 0.25) is 0 Å². The van der Waals surface area contributed by atoms with Gasteiger partial charge in [-0.3, -0.25) is 4.90 Å². The van der Waals surface area contributed by atoms with E-state index in [2.05, 4.69) is 14.6 Å². The maximum atomic E-state index is 12.4. The number of ether oxygens (including phenoxy) is 3. The molecule has 0 saturated carbocycles. The number of piperidine rings is 1. The summed E-state index contributed by atoms with van der Waals surface area (Å²) in [6.45, 7) is 1.54. The van der Waals surface area contributed by atoms with E-state index < -0.39 is 24.4 Å². The Morgan fingerprint density at radius 2 is 1.81 bits per heavy atom. The summed E-state index contributed by atoms with van der Waals surface area (Å²) in [5.74, 6) is -2.54. The lowest BCUT2D eigenvalue weighted by molar-refractivity contribution is -0.274. The number of aromatic nitrogens is 1. The summed E-state index contributed by atoms with van der Waals surface area (Å²) in [5.41, 5.74) is 1.80. The van der Waals surface area contributed by atoms with Gasteiger partial charge in [-0.1, -0.05) is 18.2 Å². The number of aliphatic carboxylic acids is 1. The van der Waals surface area contributed by atoms with Crippen molar-refractivity contribution in [2.45, 2.75) is 31.2 Å². The lowest BCUT2D eigenvalue weighted by Gasteiger charge is -2.34. The van der Waals surface area contributed by atoms with E-state index in [1.165, 1.54) is 12.1 Å². The maximum Gasteiger partial charge on any atom is 0.573 e. The molecule has 1 saturated heterocycles. The number of nitrogens with one attached hydrogen (secondary N) is 1.